The third-order valence-corrected chi connectivity index (χ3v) is 5.11. The molecule has 9 nitrogen and oxygen atoms in total. The quantitative estimate of drug-likeness (QED) is 0.585. The van der Waals surface area contributed by atoms with Gasteiger partial charge in [0.1, 0.15) is 12.3 Å². The van der Waals surface area contributed by atoms with E-state index in [1.807, 2.05) is 12.1 Å². The van der Waals surface area contributed by atoms with Crippen molar-refractivity contribution in [1.29, 1.82) is 0 Å². The fourth-order valence-electron chi connectivity index (χ4n) is 3.20. The summed E-state index contributed by atoms with van der Waals surface area (Å²) < 4.78 is 7.73. The van der Waals surface area contributed by atoms with Gasteiger partial charge in [-0.15, -0.1) is 0 Å². The highest BCUT2D eigenvalue weighted by Gasteiger charge is 2.25. The molecule has 0 atom stereocenters. The molecule has 1 aliphatic rings. The molecule has 0 saturated heterocycles. The fraction of sp³-hybridized carbons (Fsp3) is 0.318. The minimum Gasteiger partial charge on any atom is -0.497 e. The molecule has 9 heteroatoms. The van der Waals surface area contributed by atoms with Crippen LogP contribution in [-0.2, 0) is 17.9 Å². The normalized spacial score (nSPS) is 13.1. The number of rotatable bonds is 8. The molecule has 31 heavy (non-hydrogen) atoms. The summed E-state index contributed by atoms with van der Waals surface area (Å²) in [4.78, 5) is 40.8. The molecule has 1 fully saturated rings. The van der Waals surface area contributed by atoms with Gasteiger partial charge in [0, 0.05) is 30.2 Å². The van der Waals surface area contributed by atoms with Crippen LogP contribution in [0.5, 0.6) is 5.75 Å². The van der Waals surface area contributed by atoms with Crippen LogP contribution in [0.3, 0.4) is 0 Å². The molecular weight excluding hydrogens is 398 g/mol. The number of amides is 1. The van der Waals surface area contributed by atoms with Crippen molar-refractivity contribution in [3.8, 4) is 17.0 Å². The van der Waals surface area contributed by atoms with E-state index in [-0.39, 0.29) is 36.7 Å². The van der Waals surface area contributed by atoms with Gasteiger partial charge in [-0.3, -0.25) is 19.0 Å². The van der Waals surface area contributed by atoms with E-state index < -0.39 is 0 Å². The molecule has 1 N–H and O–H groups in total. The molecule has 160 valence electrons. The van der Waals surface area contributed by atoms with Crippen molar-refractivity contribution in [3.63, 3.8) is 0 Å². The van der Waals surface area contributed by atoms with Crippen molar-refractivity contribution in [3.05, 3.63) is 75.2 Å². The summed E-state index contributed by atoms with van der Waals surface area (Å²) in [6.07, 6.45) is 3.55. The Morgan fingerprint density at radius 2 is 1.90 bits per heavy atom. The Bertz CT molecular complexity index is 1200. The average molecular weight is 421 g/mol. The minimum atomic E-state index is -0.340. The highest BCUT2D eigenvalue weighted by molar-refractivity contribution is 5.75. The van der Waals surface area contributed by atoms with Crippen molar-refractivity contribution in [2.45, 2.75) is 31.8 Å². The first-order valence-electron chi connectivity index (χ1n) is 10.1. The lowest BCUT2D eigenvalue weighted by Gasteiger charge is -2.09. The first-order chi connectivity index (χ1) is 15.0. The summed E-state index contributed by atoms with van der Waals surface area (Å²) in [7, 11) is 1.58. The highest BCUT2D eigenvalue weighted by Crippen LogP contribution is 2.38. The molecule has 0 bridgehead atoms. The Morgan fingerprint density at radius 3 is 2.58 bits per heavy atom. The molecular formula is C22H23N5O4. The maximum absolute atomic E-state index is 12.4. The first kappa shape index (κ1) is 20.5. The molecule has 1 amide bonds. The van der Waals surface area contributed by atoms with E-state index in [0.717, 1.165) is 24.1 Å². The zero-order valence-electron chi connectivity index (χ0n) is 17.2. The van der Waals surface area contributed by atoms with Gasteiger partial charge >= 0.3 is 0 Å². The van der Waals surface area contributed by atoms with Crippen LogP contribution in [0.25, 0.3) is 11.3 Å². The first-order valence-corrected chi connectivity index (χ1v) is 10.1. The predicted molar refractivity (Wildman–Crippen MR) is 114 cm³/mol. The summed E-state index contributed by atoms with van der Waals surface area (Å²) in [5, 5.41) is 7.08. The smallest absolute Gasteiger partial charge is 0.266 e. The number of carbonyl (C=O) groups is 1. The zero-order chi connectivity index (χ0) is 21.8. The third kappa shape index (κ3) is 5.06. The molecule has 2 heterocycles. The number of nitrogens with one attached hydrogen (secondary N) is 1. The Balaban J connectivity index is 1.33. The topological polar surface area (TPSA) is 108 Å². The van der Waals surface area contributed by atoms with E-state index in [0.29, 0.717) is 17.4 Å². The summed E-state index contributed by atoms with van der Waals surface area (Å²) in [6.45, 7) is 0.361. The number of methoxy groups -OCH3 is 1. The van der Waals surface area contributed by atoms with Crippen molar-refractivity contribution < 1.29 is 9.53 Å². The van der Waals surface area contributed by atoms with Crippen LogP contribution in [0.15, 0.2) is 58.4 Å². The maximum atomic E-state index is 12.4. The van der Waals surface area contributed by atoms with Gasteiger partial charge in [0.25, 0.3) is 11.1 Å². The minimum absolute atomic E-state index is 0.154. The second kappa shape index (κ2) is 8.95. The molecule has 3 aromatic rings. The van der Waals surface area contributed by atoms with Gasteiger partial charge in [0.2, 0.25) is 5.91 Å². The molecule has 0 unspecified atom stereocenters. The van der Waals surface area contributed by atoms with Crippen LogP contribution < -0.4 is 21.2 Å². The SMILES string of the molecule is COc1ccc(-c2cc(=O)n(CC(=O)NCCn3nc(C4CC4)ccc3=O)cn2)cc1. The molecule has 1 aliphatic carbocycles. The van der Waals surface area contributed by atoms with Crippen molar-refractivity contribution in [1.82, 2.24) is 24.6 Å². The van der Waals surface area contributed by atoms with Gasteiger partial charge in [0.15, 0.2) is 0 Å². The summed E-state index contributed by atoms with van der Waals surface area (Å²) in [5.41, 5.74) is 1.69. The van der Waals surface area contributed by atoms with Gasteiger partial charge in [0.05, 0.1) is 31.4 Å². The van der Waals surface area contributed by atoms with E-state index in [4.69, 9.17) is 4.74 Å². The van der Waals surface area contributed by atoms with Crippen LogP contribution in [0.2, 0.25) is 0 Å². The maximum Gasteiger partial charge on any atom is 0.266 e. The van der Waals surface area contributed by atoms with Crippen LogP contribution >= 0.6 is 0 Å². The molecule has 1 aromatic carbocycles. The number of aromatic nitrogens is 4. The van der Waals surface area contributed by atoms with Gasteiger partial charge in [-0.2, -0.15) is 5.10 Å². The van der Waals surface area contributed by atoms with Gasteiger partial charge < -0.3 is 10.1 Å². The summed E-state index contributed by atoms with van der Waals surface area (Å²) >= 11 is 0. The second-order valence-electron chi connectivity index (χ2n) is 7.41. The lowest BCUT2D eigenvalue weighted by Crippen LogP contribution is -2.36. The molecule has 0 radical (unpaired) electrons. The average Bonchev–Trinajstić information content (AvgIpc) is 3.62. The number of carbonyl (C=O) groups excluding carboxylic acids is 1. The van der Waals surface area contributed by atoms with Crippen molar-refractivity contribution in [2.24, 2.45) is 0 Å². The standard InChI is InChI=1S/C22H23N5O4/c1-31-17-6-4-16(5-7-17)19-12-22(30)26(14-24-19)13-20(28)23-10-11-27-21(29)9-8-18(25-27)15-2-3-15/h4-9,12,14-15H,2-3,10-11,13H2,1H3,(H,23,28). The van der Waals surface area contributed by atoms with Crippen molar-refractivity contribution in [2.75, 3.05) is 13.7 Å². The Morgan fingerprint density at radius 1 is 1.13 bits per heavy atom. The number of hydrogen-bond acceptors (Lipinski definition) is 6. The highest BCUT2D eigenvalue weighted by atomic mass is 16.5. The lowest BCUT2D eigenvalue weighted by molar-refractivity contribution is -0.121. The summed E-state index contributed by atoms with van der Waals surface area (Å²) in [6, 6.07) is 11.9. The molecule has 0 aliphatic heterocycles. The van der Waals surface area contributed by atoms with Crippen LogP contribution in [-0.4, -0.2) is 38.9 Å². The number of ether oxygens (including phenoxy) is 1. The Kier molecular flexibility index (Phi) is 5.92. The van der Waals surface area contributed by atoms with E-state index >= 15 is 0 Å². The third-order valence-electron chi connectivity index (χ3n) is 5.11. The fourth-order valence-corrected chi connectivity index (χ4v) is 3.20. The molecule has 0 spiro atoms. The molecule has 1 saturated carbocycles. The predicted octanol–water partition coefficient (Wildman–Crippen LogP) is 1.17. The largest absolute Gasteiger partial charge is 0.497 e. The van der Waals surface area contributed by atoms with E-state index in [9.17, 15) is 14.4 Å². The van der Waals surface area contributed by atoms with Crippen molar-refractivity contribution >= 4 is 5.91 Å². The van der Waals surface area contributed by atoms with Crippen LogP contribution in [0.4, 0.5) is 0 Å². The Labute approximate surface area is 178 Å². The van der Waals surface area contributed by atoms with Gasteiger partial charge in [-0.05, 0) is 43.2 Å². The van der Waals surface area contributed by atoms with E-state index in [1.54, 1.807) is 25.3 Å². The van der Waals surface area contributed by atoms with E-state index in [1.165, 1.54) is 27.7 Å². The second-order valence-corrected chi connectivity index (χ2v) is 7.41. The van der Waals surface area contributed by atoms with Crippen LogP contribution in [0.1, 0.15) is 24.5 Å². The number of nitrogens with zero attached hydrogens (tertiary/aromatic N) is 4. The molecule has 2 aromatic heterocycles. The Hall–Kier alpha value is -3.75. The lowest BCUT2D eigenvalue weighted by atomic mass is 10.1. The van der Waals surface area contributed by atoms with Gasteiger partial charge in [-0.25, -0.2) is 9.67 Å². The van der Waals surface area contributed by atoms with Crippen LogP contribution in [0, 0.1) is 0 Å². The number of hydrogen-bond donors (Lipinski definition) is 1. The molecule has 4 rings (SSSR count). The van der Waals surface area contributed by atoms with Gasteiger partial charge in [-0.1, -0.05) is 0 Å². The number of benzene rings is 1. The zero-order valence-corrected chi connectivity index (χ0v) is 17.2. The van der Waals surface area contributed by atoms with E-state index in [2.05, 4.69) is 15.4 Å². The summed E-state index contributed by atoms with van der Waals surface area (Å²) in [5.74, 6) is 0.819. The monoisotopic (exact) mass is 421 g/mol.